The molecule has 1 aromatic heterocycles. The van der Waals surface area contributed by atoms with Crippen LogP contribution in [0.15, 0.2) is 41.8 Å². The fraction of sp³-hybridized carbons (Fsp3) is 0.125. The Morgan fingerprint density at radius 3 is 2.65 bits per heavy atom. The van der Waals surface area contributed by atoms with Crippen molar-refractivity contribution in [2.75, 3.05) is 0 Å². The lowest BCUT2D eigenvalue weighted by Gasteiger charge is -2.14. The van der Waals surface area contributed by atoms with Crippen LogP contribution in [-0.2, 0) is 0 Å². The van der Waals surface area contributed by atoms with Crippen molar-refractivity contribution in [3.05, 3.63) is 70.1 Å². The van der Waals surface area contributed by atoms with Crippen LogP contribution in [0.5, 0.6) is 0 Å². The van der Waals surface area contributed by atoms with E-state index in [1.165, 1.54) is 17.4 Å². The van der Waals surface area contributed by atoms with Crippen molar-refractivity contribution in [1.29, 1.82) is 0 Å². The van der Waals surface area contributed by atoms with E-state index in [0.717, 1.165) is 16.2 Å². The summed E-state index contributed by atoms with van der Waals surface area (Å²) in [6.07, 6.45) is -1.10. The molecular weight excluding hydrogens is 278 g/mol. The normalized spacial score (nSPS) is 12.8. The van der Waals surface area contributed by atoms with Crippen molar-refractivity contribution in [2.45, 2.75) is 13.0 Å². The first kappa shape index (κ1) is 13.2. The molecule has 1 N–H and O–H groups in total. The fourth-order valence-corrected chi connectivity index (χ4v) is 3.23. The van der Waals surface area contributed by atoms with Gasteiger partial charge in [-0.2, -0.15) is 0 Å². The van der Waals surface area contributed by atoms with Gasteiger partial charge in [0.25, 0.3) is 0 Å². The first-order valence-corrected chi connectivity index (χ1v) is 7.05. The van der Waals surface area contributed by atoms with E-state index in [0.29, 0.717) is 11.1 Å². The molecule has 20 heavy (non-hydrogen) atoms. The lowest BCUT2D eigenvalue weighted by atomic mass is 9.98. The maximum absolute atomic E-state index is 13.9. The van der Waals surface area contributed by atoms with E-state index in [9.17, 15) is 13.9 Å². The summed E-state index contributed by atoms with van der Waals surface area (Å²) >= 11 is 1.49. The first-order valence-electron chi connectivity index (χ1n) is 6.17. The molecule has 0 saturated heterocycles. The smallest absolute Gasteiger partial charge is 0.132 e. The second-order valence-corrected chi connectivity index (χ2v) is 5.63. The highest BCUT2D eigenvalue weighted by atomic mass is 32.1. The average molecular weight is 290 g/mol. The minimum Gasteiger partial charge on any atom is -0.383 e. The number of aryl methyl sites for hydroxylation is 1. The van der Waals surface area contributed by atoms with Crippen molar-refractivity contribution in [2.24, 2.45) is 0 Å². The van der Waals surface area contributed by atoms with Gasteiger partial charge in [-0.1, -0.05) is 18.2 Å². The molecule has 3 aromatic rings. The molecule has 0 aliphatic carbocycles. The topological polar surface area (TPSA) is 20.2 Å². The summed E-state index contributed by atoms with van der Waals surface area (Å²) in [4.78, 5) is 0. The molecule has 1 atom stereocenters. The third-order valence-electron chi connectivity index (χ3n) is 3.38. The highest BCUT2D eigenvalue weighted by molar-refractivity contribution is 7.17. The maximum Gasteiger partial charge on any atom is 0.132 e. The molecule has 4 heteroatoms. The zero-order valence-corrected chi connectivity index (χ0v) is 11.5. The molecule has 3 rings (SSSR count). The Bertz CT molecular complexity index is 779. The molecule has 102 valence electrons. The number of fused-ring (bicyclic) bond motifs is 1. The fourth-order valence-electron chi connectivity index (χ4n) is 2.29. The summed E-state index contributed by atoms with van der Waals surface area (Å²) in [5, 5.41) is 13.4. The van der Waals surface area contributed by atoms with Gasteiger partial charge in [-0.25, -0.2) is 8.78 Å². The second-order valence-electron chi connectivity index (χ2n) is 4.71. The second kappa shape index (κ2) is 4.96. The SMILES string of the molecule is Cc1cc(C(O)c2cccc3ccsc23)c(F)cc1F. The van der Waals surface area contributed by atoms with Crippen LogP contribution in [0.3, 0.4) is 0 Å². The molecule has 1 heterocycles. The van der Waals surface area contributed by atoms with Gasteiger partial charge < -0.3 is 5.11 Å². The summed E-state index contributed by atoms with van der Waals surface area (Å²) in [5.74, 6) is -1.33. The van der Waals surface area contributed by atoms with Crippen LogP contribution in [0, 0.1) is 18.6 Å². The minimum absolute atomic E-state index is 0.102. The minimum atomic E-state index is -1.10. The van der Waals surface area contributed by atoms with Crippen molar-refractivity contribution in [3.63, 3.8) is 0 Å². The van der Waals surface area contributed by atoms with Gasteiger partial charge in [-0.05, 0) is 35.4 Å². The number of aliphatic hydroxyl groups excluding tert-OH is 1. The number of hydrogen-bond acceptors (Lipinski definition) is 2. The number of thiophene rings is 1. The maximum atomic E-state index is 13.9. The van der Waals surface area contributed by atoms with Crippen molar-refractivity contribution in [3.8, 4) is 0 Å². The van der Waals surface area contributed by atoms with Gasteiger partial charge in [-0.15, -0.1) is 11.3 Å². The van der Waals surface area contributed by atoms with Crippen LogP contribution in [0.1, 0.15) is 22.8 Å². The summed E-state index contributed by atoms with van der Waals surface area (Å²) < 4.78 is 28.1. The summed E-state index contributed by atoms with van der Waals surface area (Å²) in [7, 11) is 0. The molecule has 0 spiro atoms. The zero-order valence-electron chi connectivity index (χ0n) is 10.7. The molecule has 0 aliphatic heterocycles. The van der Waals surface area contributed by atoms with E-state index in [2.05, 4.69) is 0 Å². The summed E-state index contributed by atoms with van der Waals surface area (Å²) in [6.45, 7) is 1.55. The van der Waals surface area contributed by atoms with Crippen molar-refractivity contribution >= 4 is 21.4 Å². The van der Waals surface area contributed by atoms with Crippen LogP contribution in [-0.4, -0.2) is 5.11 Å². The average Bonchev–Trinajstić information content (AvgIpc) is 2.90. The van der Waals surface area contributed by atoms with Gasteiger partial charge >= 0.3 is 0 Å². The van der Waals surface area contributed by atoms with Crippen molar-refractivity contribution < 1.29 is 13.9 Å². The molecule has 0 aliphatic rings. The van der Waals surface area contributed by atoms with E-state index in [1.807, 2.05) is 23.6 Å². The predicted molar refractivity (Wildman–Crippen MR) is 77.0 cm³/mol. The van der Waals surface area contributed by atoms with Crippen molar-refractivity contribution in [1.82, 2.24) is 0 Å². The van der Waals surface area contributed by atoms with Gasteiger partial charge in [-0.3, -0.25) is 0 Å². The van der Waals surface area contributed by atoms with Gasteiger partial charge in [0.15, 0.2) is 0 Å². The molecule has 0 fully saturated rings. The van der Waals surface area contributed by atoms with Gasteiger partial charge in [0, 0.05) is 21.9 Å². The van der Waals surface area contributed by atoms with E-state index in [1.54, 1.807) is 13.0 Å². The van der Waals surface area contributed by atoms with Gasteiger partial charge in [0.2, 0.25) is 0 Å². The Morgan fingerprint density at radius 1 is 1.05 bits per heavy atom. The number of benzene rings is 2. The Kier molecular flexibility index (Phi) is 3.28. The molecule has 0 saturated carbocycles. The predicted octanol–water partition coefficient (Wildman–Crippen LogP) is 4.57. The third kappa shape index (κ3) is 2.11. The highest BCUT2D eigenvalue weighted by Crippen LogP contribution is 2.33. The van der Waals surface area contributed by atoms with Crippen LogP contribution in [0.2, 0.25) is 0 Å². The summed E-state index contributed by atoms with van der Waals surface area (Å²) in [6, 6.07) is 9.66. The number of aliphatic hydroxyl groups is 1. The lowest BCUT2D eigenvalue weighted by Crippen LogP contribution is -2.04. The molecule has 1 nitrogen and oxygen atoms in total. The quantitative estimate of drug-likeness (QED) is 0.733. The van der Waals surface area contributed by atoms with E-state index in [4.69, 9.17) is 0 Å². The van der Waals surface area contributed by atoms with Crippen LogP contribution < -0.4 is 0 Å². The Hall–Kier alpha value is -1.78. The largest absolute Gasteiger partial charge is 0.383 e. The van der Waals surface area contributed by atoms with E-state index < -0.39 is 17.7 Å². The highest BCUT2D eigenvalue weighted by Gasteiger charge is 2.19. The molecule has 2 aromatic carbocycles. The first-order chi connectivity index (χ1) is 9.58. The lowest BCUT2D eigenvalue weighted by molar-refractivity contribution is 0.216. The van der Waals surface area contributed by atoms with Gasteiger partial charge in [0.05, 0.1) is 0 Å². The standard InChI is InChI=1S/C16H12F2OS/c1-9-7-12(14(18)8-13(9)17)15(19)11-4-2-3-10-5-6-20-16(10)11/h2-8,15,19H,1H3. The molecular formula is C16H12F2OS. The van der Waals surface area contributed by atoms with Crippen LogP contribution >= 0.6 is 11.3 Å². The number of halogens is 2. The molecule has 1 unspecified atom stereocenters. The van der Waals surface area contributed by atoms with Gasteiger partial charge in [0.1, 0.15) is 17.7 Å². The summed E-state index contributed by atoms with van der Waals surface area (Å²) in [5.41, 5.74) is 1.06. The zero-order chi connectivity index (χ0) is 14.3. The molecule has 0 amide bonds. The van der Waals surface area contributed by atoms with E-state index in [-0.39, 0.29) is 5.56 Å². The van der Waals surface area contributed by atoms with E-state index >= 15 is 0 Å². The molecule has 0 bridgehead atoms. The molecule has 0 radical (unpaired) electrons. The number of rotatable bonds is 2. The third-order valence-corrected chi connectivity index (χ3v) is 4.36. The van der Waals surface area contributed by atoms with Crippen LogP contribution in [0.25, 0.3) is 10.1 Å². The van der Waals surface area contributed by atoms with Crippen LogP contribution in [0.4, 0.5) is 8.78 Å². The Morgan fingerprint density at radius 2 is 1.85 bits per heavy atom. The number of hydrogen-bond donors (Lipinski definition) is 1. The Labute approximate surface area is 119 Å². The Balaban J connectivity index is 2.15. The monoisotopic (exact) mass is 290 g/mol.